The fourth-order valence-corrected chi connectivity index (χ4v) is 3.43. The summed E-state index contributed by atoms with van der Waals surface area (Å²) in [6.07, 6.45) is 0. The van der Waals surface area contributed by atoms with Gasteiger partial charge in [0.1, 0.15) is 5.82 Å². The van der Waals surface area contributed by atoms with Crippen LogP contribution in [-0.2, 0) is 0 Å². The van der Waals surface area contributed by atoms with E-state index < -0.39 is 0 Å². The lowest BCUT2D eigenvalue weighted by Gasteiger charge is -2.17. The molecule has 100 valence electrons. The van der Waals surface area contributed by atoms with E-state index in [1.807, 2.05) is 19.9 Å². The lowest BCUT2D eigenvalue weighted by molar-refractivity contribution is 0.624. The Morgan fingerprint density at radius 3 is 2.11 bits per heavy atom. The maximum absolute atomic E-state index is 13.5. The van der Waals surface area contributed by atoms with Gasteiger partial charge in [0.2, 0.25) is 0 Å². The molecular formula is C16H15BrClF. The molecule has 0 aliphatic heterocycles. The number of alkyl halides is 1. The molecule has 2 aromatic carbocycles. The maximum atomic E-state index is 13.5. The lowest BCUT2D eigenvalue weighted by Crippen LogP contribution is -2.01. The van der Waals surface area contributed by atoms with E-state index in [1.165, 1.54) is 17.7 Å². The summed E-state index contributed by atoms with van der Waals surface area (Å²) in [7, 11) is 0. The molecule has 19 heavy (non-hydrogen) atoms. The molecule has 0 radical (unpaired) electrons. The first-order chi connectivity index (χ1) is 8.88. The Bertz CT molecular complexity index is 579. The smallest absolute Gasteiger partial charge is 0.124 e. The topological polar surface area (TPSA) is 0 Å². The summed E-state index contributed by atoms with van der Waals surface area (Å²) < 4.78 is 14.2. The van der Waals surface area contributed by atoms with E-state index in [4.69, 9.17) is 11.6 Å². The lowest BCUT2D eigenvalue weighted by atomic mass is 9.94. The van der Waals surface area contributed by atoms with Crippen LogP contribution in [0.15, 0.2) is 34.8 Å². The van der Waals surface area contributed by atoms with E-state index in [0.717, 1.165) is 22.3 Å². The second-order valence-electron chi connectivity index (χ2n) is 4.88. The summed E-state index contributed by atoms with van der Waals surface area (Å²) in [5.74, 6) is -0.280. The SMILES string of the molecule is Cc1cc(C)c(C(Cl)c2cc(F)cc(Br)c2)c(C)c1. The third-order valence-corrected chi connectivity index (χ3v) is 4.10. The predicted octanol–water partition coefficient (Wildman–Crippen LogP) is 5.84. The Hall–Kier alpha value is -0.860. The first kappa shape index (κ1) is 14.5. The monoisotopic (exact) mass is 340 g/mol. The van der Waals surface area contributed by atoms with E-state index in [2.05, 4.69) is 35.0 Å². The van der Waals surface area contributed by atoms with Crippen LogP contribution in [0, 0.1) is 26.6 Å². The molecular weight excluding hydrogens is 327 g/mol. The van der Waals surface area contributed by atoms with Crippen LogP contribution >= 0.6 is 27.5 Å². The molecule has 0 amide bonds. The van der Waals surface area contributed by atoms with Gasteiger partial charge in [-0.1, -0.05) is 33.6 Å². The quantitative estimate of drug-likeness (QED) is 0.602. The van der Waals surface area contributed by atoms with Gasteiger partial charge >= 0.3 is 0 Å². The molecule has 3 heteroatoms. The van der Waals surface area contributed by atoms with Crippen LogP contribution in [0.5, 0.6) is 0 Å². The van der Waals surface area contributed by atoms with Gasteiger partial charge in [0.25, 0.3) is 0 Å². The fraction of sp³-hybridized carbons (Fsp3) is 0.250. The highest BCUT2D eigenvalue weighted by Gasteiger charge is 2.17. The highest BCUT2D eigenvalue weighted by atomic mass is 79.9. The van der Waals surface area contributed by atoms with Crippen LogP contribution < -0.4 is 0 Å². The molecule has 0 bridgehead atoms. The number of benzene rings is 2. The van der Waals surface area contributed by atoms with Crippen LogP contribution in [0.25, 0.3) is 0 Å². The van der Waals surface area contributed by atoms with Gasteiger partial charge in [-0.2, -0.15) is 0 Å². The van der Waals surface area contributed by atoms with Crippen molar-refractivity contribution in [2.75, 3.05) is 0 Å². The van der Waals surface area contributed by atoms with E-state index in [0.29, 0.717) is 4.47 Å². The molecule has 0 saturated carbocycles. The Kier molecular flexibility index (Phi) is 4.32. The molecule has 0 nitrogen and oxygen atoms in total. The number of aryl methyl sites for hydroxylation is 3. The third-order valence-electron chi connectivity index (χ3n) is 3.17. The third kappa shape index (κ3) is 3.18. The second kappa shape index (κ2) is 5.64. The summed E-state index contributed by atoms with van der Waals surface area (Å²) in [6, 6.07) is 8.99. The summed E-state index contributed by atoms with van der Waals surface area (Å²) in [5, 5.41) is -0.340. The van der Waals surface area contributed by atoms with Gasteiger partial charge in [-0.25, -0.2) is 4.39 Å². The first-order valence-corrected chi connectivity index (χ1v) is 7.29. The number of rotatable bonds is 2. The summed E-state index contributed by atoms with van der Waals surface area (Å²) in [5.41, 5.74) is 5.31. The van der Waals surface area contributed by atoms with Crippen molar-refractivity contribution in [2.45, 2.75) is 26.1 Å². The minimum atomic E-state index is -0.340. The Morgan fingerprint density at radius 2 is 1.58 bits per heavy atom. The zero-order valence-electron chi connectivity index (χ0n) is 11.1. The average molecular weight is 342 g/mol. The highest BCUT2D eigenvalue weighted by molar-refractivity contribution is 9.10. The summed E-state index contributed by atoms with van der Waals surface area (Å²) >= 11 is 9.85. The molecule has 0 aliphatic rings. The van der Waals surface area contributed by atoms with E-state index in [1.54, 1.807) is 0 Å². The highest BCUT2D eigenvalue weighted by Crippen LogP contribution is 2.35. The van der Waals surface area contributed by atoms with Gasteiger partial charge in [0.05, 0.1) is 5.38 Å². The van der Waals surface area contributed by atoms with Gasteiger partial charge in [0, 0.05) is 4.47 Å². The molecule has 0 spiro atoms. The molecule has 0 heterocycles. The van der Waals surface area contributed by atoms with Gasteiger partial charge in [-0.15, -0.1) is 11.6 Å². The van der Waals surface area contributed by atoms with Gasteiger partial charge < -0.3 is 0 Å². The van der Waals surface area contributed by atoms with Gasteiger partial charge in [0.15, 0.2) is 0 Å². The molecule has 0 saturated heterocycles. The first-order valence-electron chi connectivity index (χ1n) is 6.06. The van der Waals surface area contributed by atoms with Gasteiger partial charge in [-0.05, 0) is 61.2 Å². The number of hydrogen-bond acceptors (Lipinski definition) is 0. The zero-order valence-corrected chi connectivity index (χ0v) is 13.4. The zero-order chi connectivity index (χ0) is 14.2. The normalized spacial score (nSPS) is 12.5. The van der Waals surface area contributed by atoms with Gasteiger partial charge in [-0.3, -0.25) is 0 Å². The van der Waals surface area contributed by atoms with Crippen LogP contribution in [0.2, 0.25) is 0 Å². The number of hydrogen-bond donors (Lipinski definition) is 0. The predicted molar refractivity (Wildman–Crippen MR) is 82.4 cm³/mol. The number of halogens is 3. The molecule has 1 atom stereocenters. The standard InChI is InChI=1S/C16H15BrClF/c1-9-4-10(2)15(11(3)5-9)16(18)12-6-13(17)8-14(19)7-12/h4-8,16H,1-3H3. The summed E-state index contributed by atoms with van der Waals surface area (Å²) in [4.78, 5) is 0. The molecule has 0 N–H and O–H groups in total. The molecule has 2 rings (SSSR count). The molecule has 0 aromatic heterocycles. The largest absolute Gasteiger partial charge is 0.207 e. The second-order valence-corrected chi connectivity index (χ2v) is 6.23. The Labute approximate surface area is 126 Å². The average Bonchev–Trinajstić information content (AvgIpc) is 2.25. The minimum absolute atomic E-state index is 0.280. The maximum Gasteiger partial charge on any atom is 0.124 e. The van der Waals surface area contributed by atoms with Crippen molar-refractivity contribution in [1.82, 2.24) is 0 Å². The molecule has 0 fully saturated rings. The molecule has 2 aromatic rings. The van der Waals surface area contributed by atoms with E-state index >= 15 is 0 Å². The minimum Gasteiger partial charge on any atom is -0.207 e. The Morgan fingerprint density at radius 1 is 1.00 bits per heavy atom. The fourth-order valence-electron chi connectivity index (χ4n) is 2.48. The van der Waals surface area contributed by atoms with E-state index in [-0.39, 0.29) is 11.2 Å². The van der Waals surface area contributed by atoms with Crippen molar-refractivity contribution in [3.63, 3.8) is 0 Å². The van der Waals surface area contributed by atoms with Crippen molar-refractivity contribution in [1.29, 1.82) is 0 Å². The molecule has 0 aliphatic carbocycles. The van der Waals surface area contributed by atoms with Crippen LogP contribution in [0.4, 0.5) is 4.39 Å². The van der Waals surface area contributed by atoms with Crippen molar-refractivity contribution in [3.05, 3.63) is 68.4 Å². The Balaban J connectivity index is 2.52. The van der Waals surface area contributed by atoms with Crippen molar-refractivity contribution >= 4 is 27.5 Å². The van der Waals surface area contributed by atoms with Crippen molar-refractivity contribution in [3.8, 4) is 0 Å². The van der Waals surface area contributed by atoms with Crippen LogP contribution in [0.1, 0.15) is 33.2 Å². The molecule has 1 unspecified atom stereocenters. The summed E-state index contributed by atoms with van der Waals surface area (Å²) in [6.45, 7) is 6.14. The van der Waals surface area contributed by atoms with Crippen molar-refractivity contribution < 1.29 is 4.39 Å². The van der Waals surface area contributed by atoms with Crippen LogP contribution in [0.3, 0.4) is 0 Å². The van der Waals surface area contributed by atoms with E-state index in [9.17, 15) is 4.39 Å². The van der Waals surface area contributed by atoms with Crippen LogP contribution in [-0.4, -0.2) is 0 Å². The van der Waals surface area contributed by atoms with Crippen molar-refractivity contribution in [2.24, 2.45) is 0 Å².